The van der Waals surface area contributed by atoms with Crippen molar-refractivity contribution in [1.82, 2.24) is 4.98 Å². The molecule has 5 heteroatoms. The molecule has 0 amide bonds. The molecule has 1 saturated heterocycles. The van der Waals surface area contributed by atoms with Crippen LogP contribution in [0.2, 0.25) is 0 Å². The van der Waals surface area contributed by atoms with Crippen LogP contribution in [-0.4, -0.2) is 41.9 Å². The molecule has 1 aromatic rings. The van der Waals surface area contributed by atoms with E-state index in [-0.39, 0.29) is 11.8 Å². The molecule has 0 spiro atoms. The summed E-state index contributed by atoms with van der Waals surface area (Å²) in [7, 11) is 1.79. The number of pyridine rings is 1. The highest BCUT2D eigenvalue weighted by Gasteiger charge is 2.59. The number of nitrogens with zero attached hydrogens (tertiary/aromatic N) is 2. The fraction of sp³-hybridized carbons (Fsp3) is 0.600. The molecule has 5 nitrogen and oxygen atoms in total. The molecule has 5 unspecified atom stereocenters. The van der Waals surface area contributed by atoms with Gasteiger partial charge in [0.25, 0.3) is 0 Å². The number of aromatic nitrogens is 1. The number of fused-ring (bicyclic) bond motifs is 1. The number of ether oxygens (including phenoxy) is 1. The minimum atomic E-state index is -0.971. The Bertz CT molecular complexity index is 560. The first-order valence-electron chi connectivity index (χ1n) is 7.19. The van der Waals surface area contributed by atoms with E-state index in [1.807, 2.05) is 6.07 Å². The molecular formula is C15H18N2O3. The lowest BCUT2D eigenvalue weighted by Gasteiger charge is -2.32. The molecule has 2 aliphatic carbocycles. The summed E-state index contributed by atoms with van der Waals surface area (Å²) in [6.45, 7) is 0.988. The second kappa shape index (κ2) is 4.19. The Labute approximate surface area is 117 Å². The summed E-state index contributed by atoms with van der Waals surface area (Å²) >= 11 is 0. The van der Waals surface area contributed by atoms with Crippen molar-refractivity contribution < 1.29 is 14.6 Å². The van der Waals surface area contributed by atoms with Crippen LogP contribution in [0.5, 0.6) is 0 Å². The van der Waals surface area contributed by atoms with Crippen molar-refractivity contribution in [3.05, 3.63) is 23.9 Å². The molecule has 0 radical (unpaired) electrons. The molecule has 1 aliphatic heterocycles. The van der Waals surface area contributed by atoms with E-state index in [2.05, 4.69) is 9.88 Å². The molecule has 5 atom stereocenters. The van der Waals surface area contributed by atoms with E-state index in [1.165, 1.54) is 12.8 Å². The Kier molecular flexibility index (Phi) is 2.54. The van der Waals surface area contributed by atoms with Gasteiger partial charge in [-0.3, -0.25) is 0 Å². The fourth-order valence-corrected chi connectivity index (χ4v) is 4.68. The molecule has 4 rings (SSSR count). The highest BCUT2D eigenvalue weighted by atomic mass is 16.5. The van der Waals surface area contributed by atoms with E-state index in [4.69, 9.17) is 9.84 Å². The number of carboxylic acid groups (broad SMARTS) is 1. The molecule has 3 aliphatic rings. The van der Waals surface area contributed by atoms with E-state index in [0.29, 0.717) is 17.9 Å². The third-order valence-corrected chi connectivity index (χ3v) is 5.34. The predicted molar refractivity (Wildman–Crippen MR) is 72.8 cm³/mol. The van der Waals surface area contributed by atoms with E-state index in [9.17, 15) is 4.79 Å². The lowest BCUT2D eigenvalue weighted by molar-refractivity contribution is 0.0446. The number of rotatable bonds is 3. The zero-order chi connectivity index (χ0) is 13.9. The van der Waals surface area contributed by atoms with Crippen LogP contribution in [-0.2, 0) is 4.74 Å². The third kappa shape index (κ3) is 1.53. The number of hydrogen-bond acceptors (Lipinski definition) is 4. The largest absolute Gasteiger partial charge is 0.477 e. The molecule has 2 saturated carbocycles. The molecule has 2 bridgehead atoms. The van der Waals surface area contributed by atoms with E-state index in [0.717, 1.165) is 18.3 Å². The Morgan fingerprint density at radius 3 is 3.00 bits per heavy atom. The normalized spacial score (nSPS) is 37.6. The maximum Gasteiger partial charge on any atom is 0.354 e. The van der Waals surface area contributed by atoms with Crippen LogP contribution in [0.15, 0.2) is 18.2 Å². The van der Waals surface area contributed by atoms with Gasteiger partial charge in [0.15, 0.2) is 5.69 Å². The van der Waals surface area contributed by atoms with Crippen molar-refractivity contribution in [2.45, 2.75) is 25.0 Å². The summed E-state index contributed by atoms with van der Waals surface area (Å²) in [6.07, 6.45) is 2.77. The van der Waals surface area contributed by atoms with Crippen molar-refractivity contribution >= 4 is 11.8 Å². The summed E-state index contributed by atoms with van der Waals surface area (Å²) < 4.78 is 5.72. The number of carboxylic acids is 1. The Hall–Kier alpha value is -1.62. The van der Waals surface area contributed by atoms with Gasteiger partial charge in [0, 0.05) is 13.7 Å². The second-order valence-electron chi connectivity index (χ2n) is 6.18. The first-order chi connectivity index (χ1) is 9.69. The van der Waals surface area contributed by atoms with Gasteiger partial charge in [-0.2, -0.15) is 0 Å². The number of anilines is 1. The van der Waals surface area contributed by atoms with Crippen molar-refractivity contribution in [1.29, 1.82) is 0 Å². The first kappa shape index (κ1) is 12.1. The van der Waals surface area contributed by atoms with Gasteiger partial charge in [0.2, 0.25) is 0 Å². The van der Waals surface area contributed by atoms with Crippen molar-refractivity contribution in [2.24, 2.45) is 17.8 Å². The zero-order valence-corrected chi connectivity index (χ0v) is 11.4. The van der Waals surface area contributed by atoms with Gasteiger partial charge < -0.3 is 14.7 Å². The molecule has 2 heterocycles. The summed E-state index contributed by atoms with van der Waals surface area (Å²) in [5, 5.41) is 9.09. The van der Waals surface area contributed by atoms with Crippen molar-refractivity contribution in [2.75, 3.05) is 18.6 Å². The monoisotopic (exact) mass is 274 g/mol. The van der Waals surface area contributed by atoms with Crippen molar-refractivity contribution in [3.8, 4) is 0 Å². The Morgan fingerprint density at radius 1 is 1.40 bits per heavy atom. The summed E-state index contributed by atoms with van der Waals surface area (Å²) in [5.74, 6) is 1.91. The Morgan fingerprint density at radius 2 is 2.25 bits per heavy atom. The standard InChI is InChI=1S/C15H18N2O3/c1-20-14-8-5-9-7-17(13(14)10(9)6-8)12-4-2-3-11(16-12)15(18)19/h2-4,8-10,13-14H,5-7H2,1H3,(H,18,19). The summed E-state index contributed by atoms with van der Waals surface area (Å²) in [6, 6.07) is 5.61. The average molecular weight is 274 g/mol. The molecule has 1 aromatic heterocycles. The predicted octanol–water partition coefficient (Wildman–Crippen LogP) is 1.64. The van der Waals surface area contributed by atoms with Gasteiger partial charge in [0.05, 0.1) is 12.1 Å². The zero-order valence-electron chi connectivity index (χ0n) is 11.4. The van der Waals surface area contributed by atoms with Gasteiger partial charge in [-0.1, -0.05) is 6.07 Å². The smallest absolute Gasteiger partial charge is 0.354 e. The van der Waals surface area contributed by atoms with Crippen LogP contribution in [0, 0.1) is 17.8 Å². The van der Waals surface area contributed by atoms with Crippen LogP contribution in [0.3, 0.4) is 0 Å². The van der Waals surface area contributed by atoms with Gasteiger partial charge in [0.1, 0.15) is 5.82 Å². The van der Waals surface area contributed by atoms with Crippen LogP contribution >= 0.6 is 0 Å². The van der Waals surface area contributed by atoms with E-state index >= 15 is 0 Å². The molecule has 3 fully saturated rings. The number of methoxy groups -OCH3 is 1. The highest BCUT2D eigenvalue weighted by molar-refractivity contribution is 5.85. The van der Waals surface area contributed by atoms with Crippen LogP contribution in [0.25, 0.3) is 0 Å². The average Bonchev–Trinajstić information content (AvgIpc) is 3.06. The van der Waals surface area contributed by atoms with E-state index in [1.54, 1.807) is 19.2 Å². The maximum atomic E-state index is 11.1. The minimum absolute atomic E-state index is 0.116. The topological polar surface area (TPSA) is 62.7 Å². The van der Waals surface area contributed by atoms with Gasteiger partial charge in [-0.25, -0.2) is 9.78 Å². The fourth-order valence-electron chi connectivity index (χ4n) is 4.68. The quantitative estimate of drug-likeness (QED) is 0.908. The SMILES string of the molecule is COC1C2CC3CN(c4cccc(C(=O)O)n4)C1C3C2. The maximum absolute atomic E-state index is 11.1. The second-order valence-corrected chi connectivity index (χ2v) is 6.18. The molecule has 1 N–H and O–H groups in total. The Balaban J connectivity index is 1.69. The van der Waals surface area contributed by atoms with Crippen LogP contribution < -0.4 is 4.90 Å². The van der Waals surface area contributed by atoms with Gasteiger partial charge in [-0.05, 0) is 42.7 Å². The lowest BCUT2D eigenvalue weighted by Crippen LogP contribution is -2.42. The summed E-state index contributed by atoms with van der Waals surface area (Å²) in [5.41, 5.74) is 0.116. The molecular weight excluding hydrogens is 256 g/mol. The van der Waals surface area contributed by atoms with E-state index < -0.39 is 5.97 Å². The number of carbonyl (C=O) groups is 1. The lowest BCUT2D eigenvalue weighted by atomic mass is 9.88. The third-order valence-electron chi connectivity index (χ3n) is 5.34. The molecule has 0 aromatic carbocycles. The van der Waals surface area contributed by atoms with Gasteiger partial charge in [-0.15, -0.1) is 0 Å². The van der Waals surface area contributed by atoms with Crippen LogP contribution in [0.1, 0.15) is 23.3 Å². The summed E-state index contributed by atoms with van der Waals surface area (Å²) in [4.78, 5) is 17.7. The molecule has 20 heavy (non-hydrogen) atoms. The minimum Gasteiger partial charge on any atom is -0.477 e. The van der Waals surface area contributed by atoms with Crippen LogP contribution in [0.4, 0.5) is 5.82 Å². The van der Waals surface area contributed by atoms with Gasteiger partial charge >= 0.3 is 5.97 Å². The first-order valence-corrected chi connectivity index (χ1v) is 7.19. The highest BCUT2D eigenvalue weighted by Crippen LogP contribution is 2.56. The molecule has 106 valence electrons. The van der Waals surface area contributed by atoms with Crippen molar-refractivity contribution in [3.63, 3.8) is 0 Å². The number of aromatic carboxylic acids is 1. The number of hydrogen-bond donors (Lipinski definition) is 1.